The lowest BCUT2D eigenvalue weighted by atomic mass is 9.89. The van der Waals surface area contributed by atoms with Crippen molar-refractivity contribution in [2.45, 2.75) is 44.6 Å². The van der Waals surface area contributed by atoms with Gasteiger partial charge in [0.1, 0.15) is 0 Å². The Morgan fingerprint density at radius 2 is 2.24 bits per heavy atom. The van der Waals surface area contributed by atoms with E-state index in [2.05, 4.69) is 36.5 Å². The minimum Gasteiger partial charge on any atom is -0.383 e. The van der Waals surface area contributed by atoms with Gasteiger partial charge in [0.15, 0.2) is 0 Å². The minimum absolute atomic E-state index is 0.482. The molecule has 0 saturated carbocycles. The Morgan fingerprint density at radius 1 is 1.38 bits per heavy atom. The molecule has 3 heteroatoms. The van der Waals surface area contributed by atoms with Crippen LogP contribution in [0.15, 0.2) is 24.3 Å². The van der Waals surface area contributed by atoms with Crippen LogP contribution in [0.25, 0.3) is 0 Å². The Labute approximate surface area is 129 Å². The maximum Gasteiger partial charge on any atom is 0.0587 e. The molecule has 0 aliphatic carbocycles. The first kappa shape index (κ1) is 16.5. The zero-order valence-electron chi connectivity index (χ0n) is 13.4. The third-order valence-electron chi connectivity index (χ3n) is 4.36. The van der Waals surface area contributed by atoms with Crippen LogP contribution in [0.2, 0.25) is 0 Å². The molecule has 1 aromatic rings. The fourth-order valence-corrected chi connectivity index (χ4v) is 3.12. The molecule has 0 radical (unpaired) electrons. The summed E-state index contributed by atoms with van der Waals surface area (Å²) in [6, 6.07) is 8.75. The Kier molecular flexibility index (Phi) is 7.20. The van der Waals surface area contributed by atoms with Crippen molar-refractivity contribution in [3.8, 4) is 0 Å². The molecule has 1 aliphatic rings. The summed E-state index contributed by atoms with van der Waals surface area (Å²) in [6.07, 6.45) is 5.31. The number of benzene rings is 1. The highest BCUT2D eigenvalue weighted by Gasteiger charge is 2.19. The van der Waals surface area contributed by atoms with E-state index in [0.717, 1.165) is 26.3 Å². The van der Waals surface area contributed by atoms with Gasteiger partial charge in [-0.1, -0.05) is 24.3 Å². The minimum atomic E-state index is 0.482. The molecule has 0 spiro atoms. The van der Waals surface area contributed by atoms with Gasteiger partial charge in [0.2, 0.25) is 0 Å². The highest BCUT2D eigenvalue weighted by atomic mass is 16.5. The monoisotopic (exact) mass is 291 g/mol. The summed E-state index contributed by atoms with van der Waals surface area (Å²) >= 11 is 0. The molecule has 1 heterocycles. The molecule has 2 atom stereocenters. The maximum atomic E-state index is 5.77. The Bertz CT molecular complexity index is 402. The van der Waals surface area contributed by atoms with Gasteiger partial charge < -0.3 is 14.8 Å². The van der Waals surface area contributed by atoms with Crippen molar-refractivity contribution in [2.24, 2.45) is 0 Å². The third-order valence-corrected chi connectivity index (χ3v) is 4.36. The lowest BCUT2D eigenvalue weighted by Crippen LogP contribution is -2.26. The first-order chi connectivity index (χ1) is 10.3. The highest BCUT2D eigenvalue weighted by molar-refractivity contribution is 5.29. The molecule has 1 fully saturated rings. The Balaban J connectivity index is 1.90. The largest absolute Gasteiger partial charge is 0.383 e. The summed E-state index contributed by atoms with van der Waals surface area (Å²) < 4.78 is 10.9. The normalized spacial score (nSPS) is 19.8. The van der Waals surface area contributed by atoms with E-state index >= 15 is 0 Å². The molecular weight excluding hydrogens is 262 g/mol. The standard InChI is InChI=1S/C18H29NO2/c1-15-6-3-4-8-18(15)16(14-19-11-13-20-2)9-10-17-7-5-12-21-17/h3-4,6,8,16-17,19H,5,7,9-14H2,1-2H3. The average molecular weight is 291 g/mol. The molecule has 0 bridgehead atoms. The van der Waals surface area contributed by atoms with Gasteiger partial charge in [-0.25, -0.2) is 0 Å². The quantitative estimate of drug-likeness (QED) is 0.708. The van der Waals surface area contributed by atoms with E-state index in [0.29, 0.717) is 12.0 Å². The molecule has 118 valence electrons. The SMILES string of the molecule is COCCNCC(CCC1CCCO1)c1ccccc1C. The molecule has 1 N–H and O–H groups in total. The number of rotatable bonds is 9. The number of methoxy groups -OCH3 is 1. The Hall–Kier alpha value is -0.900. The summed E-state index contributed by atoms with van der Waals surface area (Å²) in [6.45, 7) is 5.86. The second kappa shape index (κ2) is 9.19. The Morgan fingerprint density at radius 3 is 2.95 bits per heavy atom. The summed E-state index contributed by atoms with van der Waals surface area (Å²) in [4.78, 5) is 0. The van der Waals surface area contributed by atoms with Crippen LogP contribution in [0, 0.1) is 6.92 Å². The van der Waals surface area contributed by atoms with E-state index in [-0.39, 0.29) is 0 Å². The topological polar surface area (TPSA) is 30.5 Å². The van der Waals surface area contributed by atoms with Crippen molar-refractivity contribution < 1.29 is 9.47 Å². The summed E-state index contributed by atoms with van der Waals surface area (Å²) in [5, 5.41) is 3.52. The summed E-state index contributed by atoms with van der Waals surface area (Å²) in [5.74, 6) is 0.562. The van der Waals surface area contributed by atoms with Gasteiger partial charge in [-0.2, -0.15) is 0 Å². The van der Waals surface area contributed by atoms with Crippen molar-refractivity contribution >= 4 is 0 Å². The number of hydrogen-bond donors (Lipinski definition) is 1. The van der Waals surface area contributed by atoms with Crippen molar-refractivity contribution in [3.05, 3.63) is 35.4 Å². The van der Waals surface area contributed by atoms with Gasteiger partial charge in [0, 0.05) is 26.8 Å². The third kappa shape index (κ3) is 5.42. The second-order valence-corrected chi connectivity index (χ2v) is 5.96. The van der Waals surface area contributed by atoms with Gasteiger partial charge in [0.25, 0.3) is 0 Å². The molecular formula is C18H29NO2. The number of hydrogen-bond acceptors (Lipinski definition) is 3. The van der Waals surface area contributed by atoms with Gasteiger partial charge >= 0.3 is 0 Å². The van der Waals surface area contributed by atoms with E-state index < -0.39 is 0 Å². The molecule has 1 aliphatic heterocycles. The van der Waals surface area contributed by atoms with Crippen LogP contribution in [0.5, 0.6) is 0 Å². The fraction of sp³-hybridized carbons (Fsp3) is 0.667. The summed E-state index contributed by atoms with van der Waals surface area (Å²) in [5.41, 5.74) is 2.86. The van der Waals surface area contributed by atoms with Crippen LogP contribution in [-0.2, 0) is 9.47 Å². The zero-order valence-corrected chi connectivity index (χ0v) is 13.4. The van der Waals surface area contributed by atoms with Gasteiger partial charge in [-0.05, 0) is 49.7 Å². The molecule has 21 heavy (non-hydrogen) atoms. The van der Waals surface area contributed by atoms with Gasteiger partial charge in [0.05, 0.1) is 12.7 Å². The zero-order chi connectivity index (χ0) is 14.9. The molecule has 3 nitrogen and oxygen atoms in total. The molecule has 2 rings (SSSR count). The van der Waals surface area contributed by atoms with Crippen LogP contribution >= 0.6 is 0 Å². The van der Waals surface area contributed by atoms with Gasteiger partial charge in [-0.15, -0.1) is 0 Å². The summed E-state index contributed by atoms with van der Waals surface area (Å²) in [7, 11) is 1.75. The van der Waals surface area contributed by atoms with Crippen molar-refractivity contribution in [1.82, 2.24) is 5.32 Å². The predicted molar refractivity (Wildman–Crippen MR) is 86.9 cm³/mol. The van der Waals surface area contributed by atoms with Crippen molar-refractivity contribution in [2.75, 3.05) is 33.4 Å². The number of ether oxygens (including phenoxy) is 2. The lowest BCUT2D eigenvalue weighted by Gasteiger charge is -2.21. The number of aryl methyl sites for hydroxylation is 1. The van der Waals surface area contributed by atoms with Crippen LogP contribution in [0.3, 0.4) is 0 Å². The molecule has 0 amide bonds. The fourth-order valence-electron chi connectivity index (χ4n) is 3.12. The molecule has 0 aromatic heterocycles. The molecule has 2 unspecified atom stereocenters. The average Bonchev–Trinajstić information content (AvgIpc) is 3.01. The number of nitrogens with one attached hydrogen (secondary N) is 1. The van der Waals surface area contributed by atoms with Crippen molar-refractivity contribution in [3.63, 3.8) is 0 Å². The van der Waals surface area contributed by atoms with E-state index in [9.17, 15) is 0 Å². The first-order valence-corrected chi connectivity index (χ1v) is 8.18. The van der Waals surface area contributed by atoms with Crippen LogP contribution in [-0.4, -0.2) is 39.5 Å². The smallest absolute Gasteiger partial charge is 0.0587 e. The van der Waals surface area contributed by atoms with Crippen LogP contribution in [0.4, 0.5) is 0 Å². The molecule has 1 saturated heterocycles. The lowest BCUT2D eigenvalue weighted by molar-refractivity contribution is 0.100. The van der Waals surface area contributed by atoms with E-state index in [1.165, 1.54) is 36.8 Å². The maximum absolute atomic E-state index is 5.77. The van der Waals surface area contributed by atoms with Crippen molar-refractivity contribution in [1.29, 1.82) is 0 Å². The van der Waals surface area contributed by atoms with E-state index in [1.807, 2.05) is 0 Å². The molecule has 1 aromatic carbocycles. The second-order valence-electron chi connectivity index (χ2n) is 5.96. The van der Waals surface area contributed by atoms with E-state index in [4.69, 9.17) is 9.47 Å². The van der Waals surface area contributed by atoms with E-state index in [1.54, 1.807) is 7.11 Å². The highest BCUT2D eigenvalue weighted by Crippen LogP contribution is 2.27. The van der Waals surface area contributed by atoms with Gasteiger partial charge in [-0.3, -0.25) is 0 Å². The predicted octanol–water partition coefficient (Wildman–Crippen LogP) is 3.27. The first-order valence-electron chi connectivity index (χ1n) is 8.18. The van der Waals surface area contributed by atoms with Crippen LogP contribution in [0.1, 0.15) is 42.7 Å². The van der Waals surface area contributed by atoms with Crippen LogP contribution < -0.4 is 5.32 Å².